The topological polar surface area (TPSA) is 87.3 Å². The number of aryl methyl sites for hydroxylation is 6. The molecule has 0 aromatic heterocycles. The first kappa shape index (κ1) is 33.2. The standard InChI is InChI=1S/C39H45N3O3/c1-22-10-13-31(16-25(22)4)28(7)40-37(43)34-19-35(38(44)41-29(8)32-14-11-23(2)26(5)17-32)21-36(20-34)39(45)42-30(9)33-15-12-24(3)27(6)18-33/h10-21,28-30H,1-9H3,(H,40,43)(H,41,44)(H,42,45)/t28-,29-,30+/m0/s1. The van der Waals surface area contributed by atoms with Crippen LogP contribution in [0.4, 0.5) is 0 Å². The van der Waals surface area contributed by atoms with Crippen LogP contribution in [0.2, 0.25) is 0 Å². The average molecular weight is 604 g/mol. The van der Waals surface area contributed by atoms with E-state index >= 15 is 0 Å². The van der Waals surface area contributed by atoms with Crippen molar-refractivity contribution in [2.75, 3.05) is 0 Å². The van der Waals surface area contributed by atoms with Gasteiger partial charge in [0, 0.05) is 16.7 Å². The maximum Gasteiger partial charge on any atom is 0.251 e. The summed E-state index contributed by atoms with van der Waals surface area (Å²) in [5.74, 6) is -1.10. The molecule has 0 saturated carbocycles. The van der Waals surface area contributed by atoms with Gasteiger partial charge in [-0.25, -0.2) is 0 Å². The maximum atomic E-state index is 13.6. The molecule has 0 bridgehead atoms. The molecule has 0 aliphatic heterocycles. The Labute approximate surface area is 267 Å². The first-order valence-electron chi connectivity index (χ1n) is 15.5. The molecular weight excluding hydrogens is 558 g/mol. The van der Waals surface area contributed by atoms with Crippen molar-refractivity contribution in [1.29, 1.82) is 0 Å². The van der Waals surface area contributed by atoms with Crippen molar-refractivity contribution in [3.05, 3.63) is 140 Å². The molecule has 6 heteroatoms. The fourth-order valence-electron chi connectivity index (χ4n) is 5.21. The van der Waals surface area contributed by atoms with Gasteiger partial charge in [0.05, 0.1) is 18.1 Å². The Morgan fingerprint density at radius 2 is 0.644 bits per heavy atom. The smallest absolute Gasteiger partial charge is 0.251 e. The number of rotatable bonds is 9. The molecule has 3 atom stereocenters. The lowest BCUT2D eigenvalue weighted by Gasteiger charge is -2.19. The van der Waals surface area contributed by atoms with E-state index in [-0.39, 0.29) is 52.5 Å². The number of carbonyl (C=O) groups excluding carboxylic acids is 3. The van der Waals surface area contributed by atoms with E-state index in [9.17, 15) is 14.4 Å². The Hall–Kier alpha value is -4.71. The molecule has 4 aromatic carbocycles. The van der Waals surface area contributed by atoms with Crippen LogP contribution in [-0.2, 0) is 0 Å². The van der Waals surface area contributed by atoms with Gasteiger partial charge in [0.25, 0.3) is 17.7 Å². The molecule has 0 aliphatic carbocycles. The highest BCUT2D eigenvalue weighted by molar-refractivity contribution is 6.04. The third kappa shape index (κ3) is 8.07. The van der Waals surface area contributed by atoms with Gasteiger partial charge in [-0.1, -0.05) is 54.6 Å². The molecule has 45 heavy (non-hydrogen) atoms. The zero-order valence-electron chi connectivity index (χ0n) is 27.9. The van der Waals surface area contributed by atoms with Crippen LogP contribution < -0.4 is 16.0 Å². The van der Waals surface area contributed by atoms with E-state index in [1.54, 1.807) is 18.2 Å². The first-order chi connectivity index (χ1) is 21.2. The van der Waals surface area contributed by atoms with E-state index in [2.05, 4.69) is 34.1 Å². The molecular formula is C39H45N3O3. The van der Waals surface area contributed by atoms with Gasteiger partial charge in [0.1, 0.15) is 0 Å². The molecule has 6 nitrogen and oxygen atoms in total. The number of carbonyl (C=O) groups is 3. The molecule has 4 aromatic rings. The van der Waals surface area contributed by atoms with Gasteiger partial charge in [-0.05, 0) is 131 Å². The van der Waals surface area contributed by atoms with Crippen LogP contribution in [0.3, 0.4) is 0 Å². The molecule has 0 aliphatic rings. The number of amides is 3. The van der Waals surface area contributed by atoms with Gasteiger partial charge in [-0.3, -0.25) is 14.4 Å². The normalized spacial score (nSPS) is 13.0. The monoisotopic (exact) mass is 603 g/mol. The van der Waals surface area contributed by atoms with Crippen molar-refractivity contribution in [2.45, 2.75) is 80.4 Å². The Bertz CT molecular complexity index is 1540. The van der Waals surface area contributed by atoms with E-state index in [4.69, 9.17) is 0 Å². The second-order valence-electron chi connectivity index (χ2n) is 12.4. The summed E-state index contributed by atoms with van der Waals surface area (Å²) in [6.45, 7) is 18.0. The van der Waals surface area contributed by atoms with Gasteiger partial charge in [0.2, 0.25) is 0 Å². The summed E-state index contributed by atoms with van der Waals surface area (Å²) < 4.78 is 0. The third-order valence-electron chi connectivity index (χ3n) is 8.86. The van der Waals surface area contributed by atoms with Crippen LogP contribution in [-0.4, -0.2) is 17.7 Å². The van der Waals surface area contributed by atoms with E-state index in [1.165, 1.54) is 16.7 Å². The van der Waals surface area contributed by atoms with Gasteiger partial charge >= 0.3 is 0 Å². The fraction of sp³-hybridized carbons (Fsp3) is 0.308. The van der Waals surface area contributed by atoms with Gasteiger partial charge in [-0.15, -0.1) is 0 Å². The maximum absolute atomic E-state index is 13.6. The highest BCUT2D eigenvalue weighted by atomic mass is 16.2. The minimum Gasteiger partial charge on any atom is -0.346 e. The number of nitrogens with one attached hydrogen (secondary N) is 3. The fourth-order valence-corrected chi connectivity index (χ4v) is 5.21. The summed E-state index contributed by atoms with van der Waals surface area (Å²) >= 11 is 0. The number of hydrogen-bond acceptors (Lipinski definition) is 3. The quantitative estimate of drug-likeness (QED) is 0.181. The lowest BCUT2D eigenvalue weighted by Crippen LogP contribution is -2.31. The first-order valence-corrected chi connectivity index (χ1v) is 15.5. The zero-order chi connectivity index (χ0) is 33.0. The van der Waals surface area contributed by atoms with Crippen molar-refractivity contribution in [2.24, 2.45) is 0 Å². The minimum absolute atomic E-state index is 0.237. The molecule has 0 unspecified atom stereocenters. The Morgan fingerprint density at radius 3 is 0.867 bits per heavy atom. The van der Waals surface area contributed by atoms with Crippen LogP contribution in [0.25, 0.3) is 0 Å². The molecule has 3 amide bonds. The minimum atomic E-state index is -0.367. The summed E-state index contributed by atoms with van der Waals surface area (Å²) in [6.07, 6.45) is 0. The van der Waals surface area contributed by atoms with E-state index < -0.39 is 0 Å². The molecule has 0 saturated heterocycles. The van der Waals surface area contributed by atoms with Gasteiger partial charge in [-0.2, -0.15) is 0 Å². The highest BCUT2D eigenvalue weighted by Gasteiger charge is 2.21. The summed E-state index contributed by atoms with van der Waals surface area (Å²) in [4.78, 5) is 40.7. The summed E-state index contributed by atoms with van der Waals surface area (Å²) in [6, 6.07) is 22.1. The number of benzene rings is 4. The summed E-state index contributed by atoms with van der Waals surface area (Å²) in [5.41, 5.74) is 10.6. The van der Waals surface area contributed by atoms with E-state index in [0.29, 0.717) is 0 Å². The summed E-state index contributed by atoms with van der Waals surface area (Å²) in [7, 11) is 0. The summed E-state index contributed by atoms with van der Waals surface area (Å²) in [5, 5.41) is 9.14. The molecule has 4 rings (SSSR count). The molecule has 0 fully saturated rings. The Balaban J connectivity index is 1.63. The van der Waals surface area contributed by atoms with Gasteiger partial charge < -0.3 is 16.0 Å². The third-order valence-corrected chi connectivity index (χ3v) is 8.86. The van der Waals surface area contributed by atoms with Crippen LogP contribution in [0, 0.1) is 41.5 Å². The van der Waals surface area contributed by atoms with Crippen LogP contribution in [0.1, 0.15) is 120 Å². The number of hydrogen-bond donors (Lipinski definition) is 3. The lowest BCUT2D eigenvalue weighted by atomic mass is 9.99. The second kappa shape index (κ2) is 13.9. The van der Waals surface area contributed by atoms with E-state index in [1.807, 2.05) is 98.7 Å². The molecule has 234 valence electrons. The van der Waals surface area contributed by atoms with Crippen LogP contribution in [0.15, 0.2) is 72.8 Å². The predicted octanol–water partition coefficient (Wildman–Crippen LogP) is 8.01. The zero-order valence-corrected chi connectivity index (χ0v) is 27.9. The van der Waals surface area contributed by atoms with E-state index in [0.717, 1.165) is 33.4 Å². The largest absolute Gasteiger partial charge is 0.346 e. The van der Waals surface area contributed by atoms with Crippen molar-refractivity contribution in [1.82, 2.24) is 16.0 Å². The highest BCUT2D eigenvalue weighted by Crippen LogP contribution is 2.22. The molecule has 0 spiro atoms. The lowest BCUT2D eigenvalue weighted by molar-refractivity contribution is 0.0939. The Morgan fingerprint density at radius 1 is 0.400 bits per heavy atom. The van der Waals surface area contributed by atoms with Crippen molar-refractivity contribution in [3.63, 3.8) is 0 Å². The second-order valence-corrected chi connectivity index (χ2v) is 12.4. The van der Waals surface area contributed by atoms with Crippen LogP contribution in [0.5, 0.6) is 0 Å². The SMILES string of the molecule is Cc1ccc([C@H](C)NC(=O)c2cc(C(=O)N[C@@H](C)c3ccc(C)c(C)c3)cc(C(=O)N[C@H](C)c3ccc(C)c(C)c3)c2)cc1C. The average Bonchev–Trinajstić information content (AvgIpc) is 3.00. The molecule has 0 heterocycles. The molecule has 0 radical (unpaired) electrons. The van der Waals surface area contributed by atoms with Gasteiger partial charge in [0.15, 0.2) is 0 Å². The molecule has 3 N–H and O–H groups in total. The van der Waals surface area contributed by atoms with Crippen molar-refractivity contribution in [3.8, 4) is 0 Å². The van der Waals surface area contributed by atoms with Crippen LogP contribution >= 0.6 is 0 Å². The van der Waals surface area contributed by atoms with Crippen molar-refractivity contribution >= 4 is 17.7 Å². The Kier molecular flexibility index (Phi) is 10.3. The predicted molar refractivity (Wildman–Crippen MR) is 182 cm³/mol. The van der Waals surface area contributed by atoms with Crippen molar-refractivity contribution < 1.29 is 14.4 Å².